The molecule has 3 N–H and O–H groups in total. The number of nitro groups is 1. The van der Waals surface area contributed by atoms with E-state index in [9.17, 15) is 14.9 Å². The molecule has 0 spiro atoms. The zero-order valence-electron chi connectivity index (χ0n) is 12.6. The van der Waals surface area contributed by atoms with Crippen molar-refractivity contribution >= 4 is 24.1 Å². The van der Waals surface area contributed by atoms with Gasteiger partial charge in [0.1, 0.15) is 6.20 Å². The molecule has 1 aliphatic carbocycles. The summed E-state index contributed by atoms with van der Waals surface area (Å²) >= 11 is 0. The minimum Gasteiger partial charge on any atom is -0.358 e. The molecule has 0 bridgehead atoms. The second kappa shape index (κ2) is 7.55. The summed E-state index contributed by atoms with van der Waals surface area (Å²) in [6, 6.07) is 0. The summed E-state index contributed by atoms with van der Waals surface area (Å²) in [5.74, 6) is 0.268. The number of nitrogens with one attached hydrogen (secondary N) is 1. The Labute approximate surface area is 135 Å². The lowest BCUT2D eigenvalue weighted by Crippen LogP contribution is -2.51. The minimum atomic E-state index is -0.536. The lowest BCUT2D eigenvalue weighted by atomic mass is 9.97. The van der Waals surface area contributed by atoms with Gasteiger partial charge >= 0.3 is 5.82 Å². The van der Waals surface area contributed by atoms with E-state index in [1.807, 2.05) is 0 Å². The molecule has 22 heavy (non-hydrogen) atoms. The normalized spacial score (nSPS) is 16.1. The van der Waals surface area contributed by atoms with Gasteiger partial charge in [-0.2, -0.15) is 0 Å². The number of hydrogen-bond donors (Lipinski definition) is 2. The van der Waals surface area contributed by atoms with Gasteiger partial charge in [-0.3, -0.25) is 4.79 Å². The Hall–Kier alpha value is -1.67. The molecule has 0 saturated heterocycles. The van der Waals surface area contributed by atoms with Crippen LogP contribution in [0.25, 0.3) is 0 Å². The molecule has 9 heteroatoms. The van der Waals surface area contributed by atoms with Crippen LogP contribution >= 0.6 is 12.4 Å². The predicted octanol–water partition coefficient (Wildman–Crippen LogP) is 1.30. The van der Waals surface area contributed by atoms with Crippen LogP contribution in [0.1, 0.15) is 37.9 Å². The first-order valence-corrected chi connectivity index (χ1v) is 7.15. The Morgan fingerprint density at radius 1 is 1.55 bits per heavy atom. The fourth-order valence-corrected chi connectivity index (χ4v) is 2.82. The van der Waals surface area contributed by atoms with Crippen molar-refractivity contribution in [2.24, 2.45) is 5.73 Å². The highest BCUT2D eigenvalue weighted by atomic mass is 35.5. The number of amides is 1. The summed E-state index contributed by atoms with van der Waals surface area (Å²) in [4.78, 5) is 26.0. The van der Waals surface area contributed by atoms with Gasteiger partial charge in [0.2, 0.25) is 11.7 Å². The van der Waals surface area contributed by atoms with Crippen molar-refractivity contribution in [3.05, 3.63) is 22.1 Å². The summed E-state index contributed by atoms with van der Waals surface area (Å²) < 4.78 is 1.63. The molecule has 1 heterocycles. The van der Waals surface area contributed by atoms with Crippen LogP contribution in [0, 0.1) is 17.0 Å². The molecule has 1 aromatic rings. The zero-order valence-corrected chi connectivity index (χ0v) is 13.4. The third-order valence-corrected chi connectivity index (χ3v) is 4.09. The molecule has 0 atom stereocenters. The fourth-order valence-electron chi connectivity index (χ4n) is 2.82. The van der Waals surface area contributed by atoms with E-state index in [2.05, 4.69) is 10.3 Å². The van der Waals surface area contributed by atoms with Crippen molar-refractivity contribution in [3.8, 4) is 0 Å². The topological polar surface area (TPSA) is 116 Å². The Morgan fingerprint density at radius 2 is 2.18 bits per heavy atom. The number of aryl methyl sites for hydroxylation is 2. The monoisotopic (exact) mass is 331 g/mol. The number of hydrogen-bond acceptors (Lipinski definition) is 5. The van der Waals surface area contributed by atoms with E-state index in [-0.39, 0.29) is 36.1 Å². The molecule has 1 aliphatic rings. The van der Waals surface area contributed by atoms with Crippen molar-refractivity contribution < 1.29 is 9.72 Å². The Kier molecular flexibility index (Phi) is 6.31. The highest BCUT2D eigenvalue weighted by molar-refractivity contribution is 5.85. The van der Waals surface area contributed by atoms with Gasteiger partial charge in [0.25, 0.3) is 0 Å². The largest absolute Gasteiger partial charge is 0.381 e. The van der Waals surface area contributed by atoms with Crippen LogP contribution in [-0.2, 0) is 11.3 Å². The predicted molar refractivity (Wildman–Crippen MR) is 83.9 cm³/mol. The van der Waals surface area contributed by atoms with Crippen molar-refractivity contribution in [2.75, 3.05) is 6.54 Å². The van der Waals surface area contributed by atoms with Crippen molar-refractivity contribution in [1.82, 2.24) is 14.9 Å². The van der Waals surface area contributed by atoms with Gasteiger partial charge in [0, 0.05) is 26.4 Å². The molecular weight excluding hydrogens is 310 g/mol. The fraction of sp³-hybridized carbons (Fsp3) is 0.692. The standard InChI is InChI=1S/C13H21N5O3.ClH/c1-10-15-11(18(20)21)8-17(10)7-4-12(19)16-13(9-14)5-2-3-6-13;/h8H,2-7,9,14H2,1H3,(H,16,19);1H. The molecule has 2 rings (SSSR count). The van der Waals surface area contributed by atoms with Crippen LogP contribution in [0.2, 0.25) is 0 Å². The Bertz CT molecular complexity index is 540. The van der Waals surface area contributed by atoms with Crippen LogP contribution < -0.4 is 11.1 Å². The number of nitrogens with two attached hydrogens (primary N) is 1. The van der Waals surface area contributed by atoms with E-state index in [4.69, 9.17) is 5.73 Å². The van der Waals surface area contributed by atoms with Crippen molar-refractivity contribution in [1.29, 1.82) is 0 Å². The van der Waals surface area contributed by atoms with Gasteiger partial charge in [-0.1, -0.05) is 12.8 Å². The van der Waals surface area contributed by atoms with E-state index < -0.39 is 4.92 Å². The van der Waals surface area contributed by atoms with Gasteiger partial charge in [0.05, 0.1) is 5.54 Å². The molecule has 0 aliphatic heterocycles. The maximum atomic E-state index is 12.1. The highest BCUT2D eigenvalue weighted by Crippen LogP contribution is 2.28. The van der Waals surface area contributed by atoms with Crippen LogP contribution in [0.4, 0.5) is 5.82 Å². The van der Waals surface area contributed by atoms with E-state index in [0.717, 1.165) is 25.7 Å². The third kappa shape index (κ3) is 4.17. The zero-order chi connectivity index (χ0) is 15.5. The smallest absolute Gasteiger partial charge is 0.358 e. The summed E-state index contributed by atoms with van der Waals surface area (Å²) in [5.41, 5.74) is 5.52. The van der Waals surface area contributed by atoms with Gasteiger partial charge in [0.15, 0.2) is 0 Å². The van der Waals surface area contributed by atoms with Gasteiger partial charge in [-0.05, 0) is 22.7 Å². The van der Waals surface area contributed by atoms with E-state index >= 15 is 0 Å². The highest BCUT2D eigenvalue weighted by Gasteiger charge is 2.33. The summed E-state index contributed by atoms with van der Waals surface area (Å²) in [5, 5.41) is 13.7. The van der Waals surface area contributed by atoms with Crippen molar-refractivity contribution in [3.63, 3.8) is 0 Å². The second-order valence-electron chi connectivity index (χ2n) is 5.59. The first-order valence-electron chi connectivity index (χ1n) is 7.15. The first-order chi connectivity index (χ1) is 9.96. The summed E-state index contributed by atoms with van der Waals surface area (Å²) in [7, 11) is 0. The van der Waals surface area contributed by atoms with E-state index in [0.29, 0.717) is 18.9 Å². The van der Waals surface area contributed by atoms with Crippen LogP contribution in [-0.4, -0.2) is 32.5 Å². The number of aromatic nitrogens is 2. The summed E-state index contributed by atoms with van der Waals surface area (Å²) in [6.07, 6.45) is 5.64. The maximum absolute atomic E-state index is 12.1. The molecule has 1 aromatic heterocycles. The molecule has 1 saturated carbocycles. The lowest BCUT2D eigenvalue weighted by Gasteiger charge is -2.28. The molecule has 0 radical (unpaired) electrons. The number of nitrogens with zero attached hydrogens (tertiary/aromatic N) is 3. The van der Waals surface area contributed by atoms with Gasteiger partial charge < -0.3 is 25.7 Å². The molecule has 1 fully saturated rings. The van der Waals surface area contributed by atoms with E-state index in [1.54, 1.807) is 11.5 Å². The molecule has 124 valence electrons. The Morgan fingerprint density at radius 3 is 2.68 bits per heavy atom. The third-order valence-electron chi connectivity index (χ3n) is 4.09. The second-order valence-corrected chi connectivity index (χ2v) is 5.59. The maximum Gasteiger partial charge on any atom is 0.381 e. The van der Waals surface area contributed by atoms with Crippen molar-refractivity contribution in [2.45, 2.75) is 51.1 Å². The number of carbonyl (C=O) groups excluding carboxylic acids is 1. The van der Waals surface area contributed by atoms with Crippen LogP contribution in [0.15, 0.2) is 6.20 Å². The molecule has 1 amide bonds. The number of carbonyl (C=O) groups is 1. The minimum absolute atomic E-state index is 0. The lowest BCUT2D eigenvalue weighted by molar-refractivity contribution is -0.389. The van der Waals surface area contributed by atoms with Crippen LogP contribution in [0.5, 0.6) is 0 Å². The van der Waals surface area contributed by atoms with Crippen LogP contribution in [0.3, 0.4) is 0 Å². The molecule has 0 unspecified atom stereocenters. The SMILES string of the molecule is Cc1nc([N+](=O)[O-])cn1CCC(=O)NC1(CN)CCCC1.Cl. The first kappa shape index (κ1) is 18.4. The number of imidazole rings is 1. The quantitative estimate of drug-likeness (QED) is 0.602. The number of halogens is 1. The van der Waals surface area contributed by atoms with Gasteiger partial charge in [-0.15, -0.1) is 12.4 Å². The molecule has 0 aromatic carbocycles. The average molecular weight is 332 g/mol. The average Bonchev–Trinajstić information content (AvgIpc) is 3.04. The summed E-state index contributed by atoms with van der Waals surface area (Å²) in [6.45, 7) is 2.51. The number of rotatable bonds is 6. The van der Waals surface area contributed by atoms with Gasteiger partial charge in [-0.25, -0.2) is 0 Å². The van der Waals surface area contributed by atoms with E-state index in [1.165, 1.54) is 6.20 Å². The molecular formula is C13H22ClN5O3. The molecule has 8 nitrogen and oxygen atoms in total. The Balaban J connectivity index is 0.00000242.